The summed E-state index contributed by atoms with van der Waals surface area (Å²) in [5.74, 6) is 0.273. The van der Waals surface area contributed by atoms with E-state index in [2.05, 4.69) is 20.7 Å². The van der Waals surface area contributed by atoms with E-state index in [1.807, 2.05) is 0 Å². The zero-order chi connectivity index (χ0) is 11.8. The lowest BCUT2D eigenvalue weighted by Gasteiger charge is -2.10. The molecule has 1 unspecified atom stereocenters. The zero-order valence-corrected chi connectivity index (χ0v) is 11.6. The molecule has 1 aromatic heterocycles. The average Bonchev–Trinajstić information content (AvgIpc) is 2.98. The fourth-order valence-corrected chi connectivity index (χ4v) is 4.81. The second-order valence-electron chi connectivity index (χ2n) is 3.81. The molecule has 4 nitrogen and oxygen atoms in total. The van der Waals surface area contributed by atoms with E-state index in [1.165, 1.54) is 0 Å². The van der Waals surface area contributed by atoms with Crippen LogP contribution >= 0.6 is 27.3 Å². The number of hydrogen-bond donors (Lipinski definition) is 2. The second-order valence-corrected chi connectivity index (χ2v) is 7.55. The lowest BCUT2D eigenvalue weighted by Crippen LogP contribution is -2.32. The maximum atomic E-state index is 11.8. The van der Waals surface area contributed by atoms with Crippen LogP contribution in [0.25, 0.3) is 0 Å². The molecule has 1 fully saturated rings. The quantitative estimate of drug-likeness (QED) is 0.863. The van der Waals surface area contributed by atoms with Crippen LogP contribution in [0.1, 0.15) is 12.8 Å². The highest BCUT2D eigenvalue weighted by molar-refractivity contribution is 9.10. The molecule has 0 bridgehead atoms. The first-order valence-corrected chi connectivity index (χ1v) is 8.07. The summed E-state index contributed by atoms with van der Waals surface area (Å²) < 4.78 is 26.9. The Kier molecular flexibility index (Phi) is 3.70. The van der Waals surface area contributed by atoms with Crippen molar-refractivity contribution in [2.75, 3.05) is 6.54 Å². The van der Waals surface area contributed by atoms with E-state index >= 15 is 0 Å². The van der Waals surface area contributed by atoms with Crippen LogP contribution in [0.2, 0.25) is 0 Å². The first-order chi connectivity index (χ1) is 7.50. The molecule has 1 aliphatic rings. The molecule has 0 spiro atoms. The van der Waals surface area contributed by atoms with Crippen molar-refractivity contribution in [2.24, 2.45) is 5.92 Å². The van der Waals surface area contributed by atoms with Crippen LogP contribution in [0.5, 0.6) is 0 Å². The van der Waals surface area contributed by atoms with Crippen LogP contribution in [0.15, 0.2) is 20.1 Å². The minimum atomic E-state index is -3.49. The lowest BCUT2D eigenvalue weighted by atomic mass is 10.2. The number of sulfonamides is 1. The van der Waals surface area contributed by atoms with Crippen molar-refractivity contribution in [1.29, 1.82) is 0 Å². The van der Waals surface area contributed by atoms with Gasteiger partial charge in [0.25, 0.3) is 10.0 Å². The van der Waals surface area contributed by atoms with Gasteiger partial charge in [-0.15, -0.1) is 11.3 Å². The van der Waals surface area contributed by atoms with Crippen LogP contribution in [0, 0.1) is 5.92 Å². The Balaban J connectivity index is 2.00. The Morgan fingerprint density at radius 2 is 2.31 bits per heavy atom. The van der Waals surface area contributed by atoms with Crippen molar-refractivity contribution in [3.05, 3.63) is 15.9 Å². The summed E-state index contributed by atoms with van der Waals surface area (Å²) in [6, 6.07) is 1.69. The van der Waals surface area contributed by atoms with Crippen LogP contribution in [0.4, 0.5) is 0 Å². The van der Waals surface area contributed by atoms with E-state index in [0.29, 0.717) is 4.47 Å². The summed E-state index contributed by atoms with van der Waals surface area (Å²) in [4.78, 5) is 0. The molecule has 7 heteroatoms. The maximum Gasteiger partial charge on any atom is 0.251 e. The molecule has 0 aromatic carbocycles. The summed E-state index contributed by atoms with van der Waals surface area (Å²) >= 11 is 4.33. The van der Waals surface area contributed by atoms with Crippen molar-refractivity contribution in [2.45, 2.75) is 23.2 Å². The van der Waals surface area contributed by atoms with E-state index in [4.69, 9.17) is 0 Å². The third-order valence-electron chi connectivity index (χ3n) is 2.48. The Morgan fingerprint density at radius 1 is 1.62 bits per heavy atom. The number of rotatable bonds is 5. The molecule has 0 aliphatic heterocycles. The van der Waals surface area contributed by atoms with E-state index in [0.717, 1.165) is 24.2 Å². The number of nitrogens with one attached hydrogen (secondary N) is 1. The van der Waals surface area contributed by atoms with Crippen molar-refractivity contribution < 1.29 is 13.5 Å². The summed E-state index contributed by atoms with van der Waals surface area (Å²) in [5, 5.41) is 11.3. The first kappa shape index (κ1) is 12.5. The summed E-state index contributed by atoms with van der Waals surface area (Å²) in [6.45, 7) is 0.0946. The summed E-state index contributed by atoms with van der Waals surface area (Å²) in [7, 11) is -3.49. The number of aliphatic hydroxyl groups excluding tert-OH is 1. The van der Waals surface area contributed by atoms with Gasteiger partial charge in [0.15, 0.2) is 0 Å². The number of aliphatic hydroxyl groups is 1. The van der Waals surface area contributed by atoms with Gasteiger partial charge in [0.1, 0.15) is 4.21 Å². The van der Waals surface area contributed by atoms with Crippen molar-refractivity contribution in [3.8, 4) is 0 Å². The summed E-state index contributed by atoms with van der Waals surface area (Å²) in [5.41, 5.74) is 0. The predicted molar refractivity (Wildman–Crippen MR) is 65.9 cm³/mol. The monoisotopic (exact) mass is 325 g/mol. The van der Waals surface area contributed by atoms with Crippen LogP contribution in [-0.4, -0.2) is 26.2 Å². The van der Waals surface area contributed by atoms with Gasteiger partial charge >= 0.3 is 0 Å². The smallest absolute Gasteiger partial charge is 0.251 e. The van der Waals surface area contributed by atoms with E-state index in [1.54, 1.807) is 11.4 Å². The van der Waals surface area contributed by atoms with Gasteiger partial charge in [0, 0.05) is 11.0 Å². The highest BCUT2D eigenvalue weighted by atomic mass is 79.9. The molecule has 2 rings (SSSR count). The van der Waals surface area contributed by atoms with Crippen LogP contribution < -0.4 is 4.72 Å². The van der Waals surface area contributed by atoms with E-state index in [9.17, 15) is 13.5 Å². The molecular weight excluding hydrogens is 314 g/mol. The minimum Gasteiger partial charge on any atom is -0.391 e. The first-order valence-electron chi connectivity index (χ1n) is 4.91. The highest BCUT2D eigenvalue weighted by Crippen LogP contribution is 2.32. The summed E-state index contributed by atoms with van der Waals surface area (Å²) in [6.07, 6.45) is 1.42. The van der Waals surface area contributed by atoms with Crippen molar-refractivity contribution in [3.63, 3.8) is 0 Å². The van der Waals surface area contributed by atoms with E-state index in [-0.39, 0.29) is 16.7 Å². The molecule has 0 amide bonds. The normalized spacial score (nSPS) is 18.6. The fraction of sp³-hybridized carbons (Fsp3) is 0.556. The van der Waals surface area contributed by atoms with Crippen LogP contribution in [0.3, 0.4) is 0 Å². The largest absolute Gasteiger partial charge is 0.391 e. The van der Waals surface area contributed by atoms with Gasteiger partial charge in [-0.1, -0.05) is 0 Å². The van der Waals surface area contributed by atoms with Gasteiger partial charge in [0.2, 0.25) is 0 Å². The molecule has 16 heavy (non-hydrogen) atoms. The molecule has 1 heterocycles. The molecule has 0 radical (unpaired) electrons. The Bertz CT molecular complexity index is 467. The standard InChI is InChI=1S/C9H12BrNO3S2/c10-7-3-4-15-9(7)16(13,14)11-5-8(12)6-1-2-6/h3-4,6,8,11-12H,1-2,5H2. The topological polar surface area (TPSA) is 66.4 Å². The SMILES string of the molecule is O=S(=O)(NCC(O)C1CC1)c1sccc1Br. The lowest BCUT2D eigenvalue weighted by molar-refractivity contribution is 0.155. The number of halogens is 1. The van der Waals surface area contributed by atoms with Crippen LogP contribution in [-0.2, 0) is 10.0 Å². The van der Waals surface area contributed by atoms with Gasteiger partial charge in [0.05, 0.1) is 6.10 Å². The minimum absolute atomic E-state index is 0.0946. The molecule has 90 valence electrons. The molecular formula is C9H12BrNO3S2. The fourth-order valence-electron chi connectivity index (χ4n) is 1.38. The predicted octanol–water partition coefficient (Wildman–Crippen LogP) is 1.56. The third-order valence-corrected chi connectivity index (χ3v) is 6.57. The highest BCUT2D eigenvalue weighted by Gasteiger charge is 2.31. The van der Waals surface area contributed by atoms with Gasteiger partial charge in [-0.05, 0) is 46.1 Å². The Morgan fingerprint density at radius 3 is 2.81 bits per heavy atom. The number of thiophene rings is 1. The third kappa shape index (κ3) is 2.84. The molecule has 1 aliphatic carbocycles. The average molecular weight is 326 g/mol. The van der Waals surface area contributed by atoms with Gasteiger partial charge < -0.3 is 5.11 Å². The molecule has 1 atom stereocenters. The van der Waals surface area contributed by atoms with Gasteiger partial charge in [-0.3, -0.25) is 0 Å². The maximum absolute atomic E-state index is 11.8. The molecule has 2 N–H and O–H groups in total. The van der Waals surface area contributed by atoms with Gasteiger partial charge in [-0.25, -0.2) is 13.1 Å². The van der Waals surface area contributed by atoms with Crippen molar-refractivity contribution in [1.82, 2.24) is 4.72 Å². The Hall–Kier alpha value is 0.0500. The van der Waals surface area contributed by atoms with E-state index < -0.39 is 16.1 Å². The van der Waals surface area contributed by atoms with Gasteiger partial charge in [-0.2, -0.15) is 0 Å². The molecule has 0 saturated heterocycles. The second kappa shape index (κ2) is 4.73. The molecule has 1 saturated carbocycles. The van der Waals surface area contributed by atoms with Crippen molar-refractivity contribution >= 4 is 37.3 Å². The zero-order valence-electron chi connectivity index (χ0n) is 8.39. The number of hydrogen-bond acceptors (Lipinski definition) is 4. The molecule has 1 aromatic rings. The Labute approximate surface area is 107 Å².